The number of anilines is 2. The van der Waals surface area contributed by atoms with Gasteiger partial charge in [0.15, 0.2) is 0 Å². The molecule has 5 N–H and O–H groups in total. The van der Waals surface area contributed by atoms with Crippen LogP contribution in [0, 0.1) is 0 Å². The zero-order chi connectivity index (χ0) is 12.1. The van der Waals surface area contributed by atoms with Crippen molar-refractivity contribution in [2.75, 3.05) is 17.7 Å². The minimum atomic E-state index is -0.448. The molecule has 0 saturated carbocycles. The number of nitrogens with one attached hydrogen (secondary N) is 1. The van der Waals surface area contributed by atoms with Crippen LogP contribution in [-0.4, -0.2) is 18.6 Å². The van der Waals surface area contributed by atoms with Gasteiger partial charge in [-0.25, -0.2) is 0 Å². The molecule has 5 heteroatoms. The van der Waals surface area contributed by atoms with E-state index >= 15 is 0 Å². The molecule has 16 heavy (non-hydrogen) atoms. The van der Waals surface area contributed by atoms with Crippen LogP contribution in [0.1, 0.15) is 13.8 Å². The first-order chi connectivity index (χ1) is 7.52. The second kappa shape index (κ2) is 5.25. The molecule has 0 spiro atoms. The fourth-order valence-electron chi connectivity index (χ4n) is 1.28. The van der Waals surface area contributed by atoms with Crippen molar-refractivity contribution in [3.05, 3.63) is 18.2 Å². The van der Waals surface area contributed by atoms with Gasteiger partial charge in [-0.1, -0.05) is 0 Å². The molecule has 1 unspecified atom stereocenters. The average Bonchev–Trinajstić information content (AvgIpc) is 2.16. The second-order valence-corrected chi connectivity index (χ2v) is 3.49. The number of nitrogen functional groups attached to an aromatic ring is 1. The van der Waals surface area contributed by atoms with Gasteiger partial charge in [-0.05, 0) is 19.9 Å². The molecule has 0 aliphatic carbocycles. The summed E-state index contributed by atoms with van der Waals surface area (Å²) in [4.78, 5) is 10.9. The molecule has 0 aliphatic heterocycles. The summed E-state index contributed by atoms with van der Waals surface area (Å²) in [5, 5.41) is 2.95. The smallest absolute Gasteiger partial charge is 0.239 e. The standard InChI is InChI=1S/C11H17N3O2/c1-3-16-10-5-8(12)4-9(6-10)14-7(2)11(13)15/h4-7,14H,3,12H2,1-2H3,(H2,13,15). The van der Waals surface area contributed by atoms with Gasteiger partial charge in [0.05, 0.1) is 6.61 Å². The number of hydrogen-bond donors (Lipinski definition) is 3. The number of rotatable bonds is 5. The lowest BCUT2D eigenvalue weighted by Gasteiger charge is -2.13. The Hall–Kier alpha value is -1.91. The van der Waals surface area contributed by atoms with E-state index in [0.29, 0.717) is 18.0 Å². The summed E-state index contributed by atoms with van der Waals surface area (Å²) in [6.07, 6.45) is 0. The predicted molar refractivity (Wildman–Crippen MR) is 64.3 cm³/mol. The summed E-state index contributed by atoms with van der Waals surface area (Å²) in [6.45, 7) is 4.14. The zero-order valence-electron chi connectivity index (χ0n) is 9.49. The highest BCUT2D eigenvalue weighted by molar-refractivity contribution is 5.82. The summed E-state index contributed by atoms with van der Waals surface area (Å²) >= 11 is 0. The van der Waals surface area contributed by atoms with Gasteiger partial charge < -0.3 is 21.5 Å². The summed E-state index contributed by atoms with van der Waals surface area (Å²) in [6, 6.07) is 4.78. The predicted octanol–water partition coefficient (Wildman–Crippen LogP) is 0.953. The molecule has 0 fully saturated rings. The molecule has 0 bridgehead atoms. The van der Waals surface area contributed by atoms with Crippen LogP contribution in [0.15, 0.2) is 18.2 Å². The third-order valence-corrected chi connectivity index (χ3v) is 2.05. The van der Waals surface area contributed by atoms with Gasteiger partial charge in [-0.2, -0.15) is 0 Å². The van der Waals surface area contributed by atoms with Gasteiger partial charge in [0.2, 0.25) is 5.91 Å². The monoisotopic (exact) mass is 223 g/mol. The molecule has 0 heterocycles. The van der Waals surface area contributed by atoms with Crippen LogP contribution >= 0.6 is 0 Å². The van der Waals surface area contributed by atoms with E-state index in [4.69, 9.17) is 16.2 Å². The maximum atomic E-state index is 10.9. The van der Waals surface area contributed by atoms with Crippen molar-refractivity contribution in [3.63, 3.8) is 0 Å². The van der Waals surface area contributed by atoms with Crippen LogP contribution in [0.2, 0.25) is 0 Å². The second-order valence-electron chi connectivity index (χ2n) is 3.49. The minimum Gasteiger partial charge on any atom is -0.494 e. The Morgan fingerprint density at radius 3 is 2.75 bits per heavy atom. The number of nitrogens with two attached hydrogens (primary N) is 2. The lowest BCUT2D eigenvalue weighted by Crippen LogP contribution is -2.32. The van der Waals surface area contributed by atoms with Crippen LogP contribution in [-0.2, 0) is 4.79 Å². The first-order valence-electron chi connectivity index (χ1n) is 5.12. The molecule has 1 aromatic rings. The van der Waals surface area contributed by atoms with Crippen molar-refractivity contribution in [2.45, 2.75) is 19.9 Å². The van der Waals surface area contributed by atoms with E-state index in [0.717, 1.165) is 5.69 Å². The Labute approximate surface area is 94.8 Å². The number of hydrogen-bond acceptors (Lipinski definition) is 4. The van der Waals surface area contributed by atoms with Gasteiger partial charge in [0.25, 0.3) is 0 Å². The summed E-state index contributed by atoms with van der Waals surface area (Å²) in [5.74, 6) is 0.252. The van der Waals surface area contributed by atoms with E-state index in [9.17, 15) is 4.79 Å². The Morgan fingerprint density at radius 2 is 2.19 bits per heavy atom. The fraction of sp³-hybridized carbons (Fsp3) is 0.364. The molecular weight excluding hydrogens is 206 g/mol. The molecule has 5 nitrogen and oxygen atoms in total. The van der Waals surface area contributed by atoms with Gasteiger partial charge in [-0.15, -0.1) is 0 Å². The first kappa shape index (κ1) is 12.2. The Kier molecular flexibility index (Phi) is 3.99. The lowest BCUT2D eigenvalue weighted by atomic mass is 10.2. The van der Waals surface area contributed by atoms with Gasteiger partial charge >= 0.3 is 0 Å². The maximum Gasteiger partial charge on any atom is 0.239 e. The molecule has 0 aromatic heterocycles. The Balaban J connectivity index is 2.83. The average molecular weight is 223 g/mol. The van der Waals surface area contributed by atoms with Crippen molar-refractivity contribution in [2.24, 2.45) is 5.73 Å². The normalized spacial score (nSPS) is 11.9. The van der Waals surface area contributed by atoms with Crippen LogP contribution in [0.5, 0.6) is 5.75 Å². The molecule has 0 radical (unpaired) electrons. The van der Waals surface area contributed by atoms with Crippen molar-refractivity contribution in [1.82, 2.24) is 0 Å². The van der Waals surface area contributed by atoms with Crippen LogP contribution in [0.3, 0.4) is 0 Å². The Morgan fingerprint density at radius 1 is 1.50 bits per heavy atom. The summed E-state index contributed by atoms with van der Waals surface area (Å²) in [7, 11) is 0. The molecule has 1 rings (SSSR count). The van der Waals surface area contributed by atoms with E-state index in [-0.39, 0.29) is 0 Å². The highest BCUT2D eigenvalue weighted by Gasteiger charge is 2.08. The number of carbonyl (C=O) groups excluding carboxylic acids is 1. The van der Waals surface area contributed by atoms with Gasteiger partial charge in [-0.3, -0.25) is 4.79 Å². The zero-order valence-corrected chi connectivity index (χ0v) is 9.49. The van der Waals surface area contributed by atoms with Crippen molar-refractivity contribution in [3.8, 4) is 5.75 Å². The minimum absolute atomic E-state index is 0.416. The van der Waals surface area contributed by atoms with Gasteiger partial charge in [0, 0.05) is 23.5 Å². The van der Waals surface area contributed by atoms with Crippen LogP contribution < -0.4 is 21.5 Å². The summed E-state index contributed by atoms with van der Waals surface area (Å²) < 4.78 is 5.33. The van der Waals surface area contributed by atoms with E-state index in [1.165, 1.54) is 0 Å². The van der Waals surface area contributed by atoms with Gasteiger partial charge in [0.1, 0.15) is 11.8 Å². The van der Waals surface area contributed by atoms with Crippen LogP contribution in [0.4, 0.5) is 11.4 Å². The molecule has 1 atom stereocenters. The largest absolute Gasteiger partial charge is 0.494 e. The summed E-state index contributed by atoms with van der Waals surface area (Å²) in [5.41, 5.74) is 12.2. The highest BCUT2D eigenvalue weighted by atomic mass is 16.5. The molecule has 88 valence electrons. The maximum absolute atomic E-state index is 10.9. The number of carbonyl (C=O) groups is 1. The molecule has 1 amide bonds. The van der Waals surface area contributed by atoms with Crippen molar-refractivity contribution < 1.29 is 9.53 Å². The van der Waals surface area contributed by atoms with E-state index in [1.807, 2.05) is 6.92 Å². The number of primary amides is 1. The highest BCUT2D eigenvalue weighted by Crippen LogP contribution is 2.23. The topological polar surface area (TPSA) is 90.4 Å². The SMILES string of the molecule is CCOc1cc(N)cc(NC(C)C(N)=O)c1. The van der Waals surface area contributed by atoms with Crippen molar-refractivity contribution >= 4 is 17.3 Å². The Bertz CT molecular complexity index is 379. The lowest BCUT2D eigenvalue weighted by molar-refractivity contribution is -0.118. The van der Waals surface area contributed by atoms with E-state index in [2.05, 4.69) is 5.32 Å². The molecule has 0 aliphatic rings. The van der Waals surface area contributed by atoms with E-state index in [1.54, 1.807) is 25.1 Å². The third kappa shape index (κ3) is 3.34. The first-order valence-corrected chi connectivity index (χ1v) is 5.12. The van der Waals surface area contributed by atoms with Crippen LogP contribution in [0.25, 0.3) is 0 Å². The molecular formula is C11H17N3O2. The third-order valence-electron chi connectivity index (χ3n) is 2.05. The number of amides is 1. The molecule has 1 aromatic carbocycles. The fourth-order valence-corrected chi connectivity index (χ4v) is 1.28. The van der Waals surface area contributed by atoms with E-state index < -0.39 is 11.9 Å². The number of ether oxygens (including phenoxy) is 1. The number of benzene rings is 1. The van der Waals surface area contributed by atoms with Crippen molar-refractivity contribution in [1.29, 1.82) is 0 Å². The quantitative estimate of drug-likeness (QED) is 0.648. The molecule has 0 saturated heterocycles.